The van der Waals surface area contributed by atoms with Crippen LogP contribution in [-0.4, -0.2) is 27.0 Å². The van der Waals surface area contributed by atoms with Crippen LogP contribution in [0.5, 0.6) is 0 Å². The minimum Gasteiger partial charge on any atom is -0.297 e. The Hall–Kier alpha value is -0.830. The monoisotopic (exact) mass is 369 g/mol. The maximum atomic E-state index is 12.1. The summed E-state index contributed by atoms with van der Waals surface area (Å²) in [5, 5.41) is 10.2. The van der Waals surface area contributed by atoms with Gasteiger partial charge in [0, 0.05) is 5.39 Å². The number of nitrogens with zero attached hydrogens (tertiary/aromatic N) is 1. The van der Waals surface area contributed by atoms with Crippen LogP contribution in [0.2, 0.25) is 0 Å². The second-order valence-electron chi connectivity index (χ2n) is 3.92. The summed E-state index contributed by atoms with van der Waals surface area (Å²) in [7, 11) is 0. The van der Waals surface area contributed by atoms with Gasteiger partial charge in [-0.05, 0) is 18.1 Å². The standard InChI is InChI=1S/C11H11F3IN3/c12-11(13,14)6-16-10(15)4-7-2-1-3-9-8(7)5-17-18-9/h1-3,5,10,16H,4,6H2,(H,17,18)/t10-/m0/s1. The highest BCUT2D eigenvalue weighted by Crippen LogP contribution is 2.20. The number of aromatic amines is 1. The highest BCUT2D eigenvalue weighted by atomic mass is 127. The Labute approximate surface area is 115 Å². The van der Waals surface area contributed by atoms with Gasteiger partial charge in [0.2, 0.25) is 0 Å². The van der Waals surface area contributed by atoms with Crippen molar-refractivity contribution in [1.82, 2.24) is 15.5 Å². The molecule has 2 rings (SSSR count). The summed E-state index contributed by atoms with van der Waals surface area (Å²) in [6, 6.07) is 5.65. The van der Waals surface area contributed by atoms with Crippen LogP contribution in [0.25, 0.3) is 10.9 Å². The summed E-state index contributed by atoms with van der Waals surface area (Å²) in [6.07, 6.45) is -1.96. The lowest BCUT2D eigenvalue weighted by Crippen LogP contribution is -2.34. The van der Waals surface area contributed by atoms with E-state index in [9.17, 15) is 13.2 Å². The summed E-state index contributed by atoms with van der Waals surface area (Å²) in [5.41, 5.74) is 1.88. The Morgan fingerprint density at radius 2 is 2.17 bits per heavy atom. The molecule has 0 fully saturated rings. The van der Waals surface area contributed by atoms with Gasteiger partial charge < -0.3 is 0 Å². The van der Waals surface area contributed by atoms with Crippen molar-refractivity contribution < 1.29 is 13.2 Å². The molecule has 0 saturated carbocycles. The van der Waals surface area contributed by atoms with Crippen molar-refractivity contribution in [1.29, 1.82) is 0 Å². The summed E-state index contributed by atoms with van der Waals surface area (Å²) in [5.74, 6) is 0. The fraction of sp³-hybridized carbons (Fsp3) is 0.364. The molecule has 7 heteroatoms. The molecule has 0 aliphatic carbocycles. The number of benzene rings is 1. The van der Waals surface area contributed by atoms with Gasteiger partial charge in [-0.25, -0.2) is 0 Å². The molecule has 0 bridgehead atoms. The van der Waals surface area contributed by atoms with E-state index in [0.29, 0.717) is 6.42 Å². The average molecular weight is 369 g/mol. The molecule has 1 aromatic carbocycles. The molecule has 98 valence electrons. The Bertz CT molecular complexity index is 523. The van der Waals surface area contributed by atoms with E-state index in [0.717, 1.165) is 16.5 Å². The minimum atomic E-state index is -4.18. The summed E-state index contributed by atoms with van der Waals surface area (Å²) >= 11 is 1.97. The first-order valence-electron chi connectivity index (χ1n) is 5.31. The molecule has 0 aliphatic rings. The van der Waals surface area contributed by atoms with Crippen molar-refractivity contribution in [2.24, 2.45) is 0 Å². The largest absolute Gasteiger partial charge is 0.401 e. The molecule has 2 N–H and O–H groups in total. The predicted molar refractivity (Wildman–Crippen MR) is 71.7 cm³/mol. The summed E-state index contributed by atoms with van der Waals surface area (Å²) < 4.78 is 36.0. The fourth-order valence-corrected chi connectivity index (χ4v) is 2.39. The van der Waals surface area contributed by atoms with Crippen LogP contribution in [0.3, 0.4) is 0 Å². The van der Waals surface area contributed by atoms with Crippen LogP contribution in [-0.2, 0) is 6.42 Å². The molecule has 0 radical (unpaired) electrons. The van der Waals surface area contributed by atoms with Gasteiger partial charge in [-0.15, -0.1) is 0 Å². The van der Waals surface area contributed by atoms with Gasteiger partial charge >= 0.3 is 6.18 Å². The number of alkyl halides is 4. The van der Waals surface area contributed by atoms with Crippen molar-refractivity contribution in [3.63, 3.8) is 0 Å². The van der Waals surface area contributed by atoms with Crippen molar-refractivity contribution >= 4 is 33.5 Å². The molecule has 2 aromatic rings. The number of H-pyrrole nitrogens is 1. The Balaban J connectivity index is 2.03. The van der Waals surface area contributed by atoms with Crippen LogP contribution in [0, 0.1) is 0 Å². The molecule has 18 heavy (non-hydrogen) atoms. The lowest BCUT2D eigenvalue weighted by molar-refractivity contribution is -0.124. The van der Waals surface area contributed by atoms with Gasteiger partial charge in [0.25, 0.3) is 0 Å². The molecule has 3 nitrogen and oxygen atoms in total. The number of hydrogen-bond donors (Lipinski definition) is 2. The van der Waals surface area contributed by atoms with E-state index in [1.54, 1.807) is 6.20 Å². The zero-order valence-electron chi connectivity index (χ0n) is 9.26. The van der Waals surface area contributed by atoms with E-state index in [1.807, 2.05) is 40.8 Å². The Kier molecular flexibility index (Phi) is 4.10. The van der Waals surface area contributed by atoms with Gasteiger partial charge in [0.15, 0.2) is 0 Å². The van der Waals surface area contributed by atoms with Crippen LogP contribution in [0.15, 0.2) is 24.4 Å². The molecule has 0 amide bonds. The minimum absolute atomic E-state index is 0.273. The smallest absolute Gasteiger partial charge is 0.297 e. The number of hydrogen-bond acceptors (Lipinski definition) is 2. The first kappa shape index (κ1) is 13.6. The third-order valence-corrected chi connectivity index (χ3v) is 3.38. The molecule has 1 atom stereocenters. The second-order valence-corrected chi connectivity index (χ2v) is 5.42. The Morgan fingerprint density at radius 3 is 2.89 bits per heavy atom. The molecule has 0 spiro atoms. The lowest BCUT2D eigenvalue weighted by atomic mass is 10.1. The Morgan fingerprint density at radius 1 is 1.39 bits per heavy atom. The second kappa shape index (κ2) is 5.43. The number of fused-ring (bicyclic) bond motifs is 1. The van der Waals surface area contributed by atoms with Gasteiger partial charge in [-0.3, -0.25) is 10.4 Å². The zero-order valence-corrected chi connectivity index (χ0v) is 11.4. The maximum absolute atomic E-state index is 12.1. The predicted octanol–water partition coefficient (Wildman–Crippen LogP) is 3.02. The third kappa shape index (κ3) is 3.58. The first-order valence-corrected chi connectivity index (χ1v) is 6.55. The lowest BCUT2D eigenvalue weighted by Gasteiger charge is -2.14. The van der Waals surface area contributed by atoms with Crippen LogP contribution in [0.1, 0.15) is 5.56 Å². The molecule has 0 saturated heterocycles. The van der Waals surface area contributed by atoms with Gasteiger partial charge in [0.05, 0.1) is 22.3 Å². The highest BCUT2D eigenvalue weighted by Gasteiger charge is 2.27. The molecule has 1 heterocycles. The van der Waals surface area contributed by atoms with E-state index in [1.165, 1.54) is 0 Å². The van der Waals surface area contributed by atoms with E-state index >= 15 is 0 Å². The average Bonchev–Trinajstić information content (AvgIpc) is 2.74. The first-order chi connectivity index (χ1) is 8.46. The number of aromatic nitrogens is 2. The molecule has 1 aromatic heterocycles. The van der Waals surface area contributed by atoms with Crippen molar-refractivity contribution in [3.8, 4) is 0 Å². The third-order valence-electron chi connectivity index (χ3n) is 2.50. The van der Waals surface area contributed by atoms with Crippen LogP contribution < -0.4 is 5.32 Å². The normalized spacial score (nSPS) is 14.0. The van der Waals surface area contributed by atoms with E-state index in [4.69, 9.17) is 0 Å². The van der Waals surface area contributed by atoms with E-state index < -0.39 is 12.7 Å². The number of nitrogens with one attached hydrogen (secondary N) is 2. The zero-order chi connectivity index (χ0) is 13.2. The summed E-state index contributed by atoms with van der Waals surface area (Å²) in [6.45, 7) is -0.970. The van der Waals surface area contributed by atoms with Crippen LogP contribution in [0.4, 0.5) is 13.2 Å². The van der Waals surface area contributed by atoms with Crippen LogP contribution >= 0.6 is 22.6 Å². The van der Waals surface area contributed by atoms with Crippen molar-refractivity contribution in [3.05, 3.63) is 30.0 Å². The number of rotatable bonds is 4. The molecule has 0 aliphatic heterocycles. The topological polar surface area (TPSA) is 40.7 Å². The maximum Gasteiger partial charge on any atom is 0.401 e. The van der Waals surface area contributed by atoms with E-state index in [2.05, 4.69) is 15.5 Å². The van der Waals surface area contributed by atoms with Crippen molar-refractivity contribution in [2.75, 3.05) is 6.54 Å². The molecule has 0 unspecified atom stereocenters. The quantitative estimate of drug-likeness (QED) is 0.494. The van der Waals surface area contributed by atoms with Gasteiger partial charge in [-0.2, -0.15) is 18.3 Å². The fourth-order valence-electron chi connectivity index (χ4n) is 1.70. The molecular weight excluding hydrogens is 358 g/mol. The summed E-state index contributed by atoms with van der Waals surface area (Å²) in [4.78, 5) is 0. The molecular formula is C11H11F3IN3. The highest BCUT2D eigenvalue weighted by molar-refractivity contribution is 14.1. The SMILES string of the molecule is FC(F)(F)CN[C@H](I)Cc1cccc2[nH]ncc12. The van der Waals surface area contributed by atoms with E-state index in [-0.39, 0.29) is 4.05 Å². The van der Waals surface area contributed by atoms with Gasteiger partial charge in [0.1, 0.15) is 0 Å². The van der Waals surface area contributed by atoms with Gasteiger partial charge in [-0.1, -0.05) is 34.7 Å². The number of halogens is 4. The van der Waals surface area contributed by atoms with Crippen molar-refractivity contribution in [2.45, 2.75) is 16.6 Å².